The van der Waals surface area contributed by atoms with Crippen molar-refractivity contribution in [2.45, 2.75) is 30.9 Å². The van der Waals surface area contributed by atoms with Crippen molar-refractivity contribution in [1.29, 1.82) is 0 Å². The summed E-state index contributed by atoms with van der Waals surface area (Å²) in [6, 6.07) is 5.52. The minimum absolute atomic E-state index is 0.368. The van der Waals surface area contributed by atoms with E-state index in [4.69, 9.17) is 4.74 Å². The van der Waals surface area contributed by atoms with Crippen LogP contribution in [0.3, 0.4) is 0 Å². The zero-order valence-electron chi connectivity index (χ0n) is 11.2. The van der Waals surface area contributed by atoms with Crippen LogP contribution in [0.5, 0.6) is 5.88 Å². The van der Waals surface area contributed by atoms with Crippen molar-refractivity contribution in [3.63, 3.8) is 0 Å². The van der Waals surface area contributed by atoms with Gasteiger partial charge < -0.3 is 4.74 Å². The number of ether oxygens (including phenoxy) is 1. The van der Waals surface area contributed by atoms with Crippen LogP contribution < -0.4 is 4.74 Å². The number of pyridine rings is 1. The Bertz CT molecular complexity index is 577. The van der Waals surface area contributed by atoms with Gasteiger partial charge in [0, 0.05) is 10.9 Å². The van der Waals surface area contributed by atoms with E-state index in [9.17, 15) is 4.21 Å². The molecule has 0 radical (unpaired) electrons. The van der Waals surface area contributed by atoms with Crippen LogP contribution >= 0.6 is 11.3 Å². The number of aryl methyl sites for hydroxylation is 2. The molecule has 1 unspecified atom stereocenters. The van der Waals surface area contributed by atoms with E-state index in [-0.39, 0.29) is 0 Å². The van der Waals surface area contributed by atoms with E-state index in [0.717, 1.165) is 16.3 Å². The molecule has 0 amide bonds. The Kier molecular flexibility index (Phi) is 4.66. The molecule has 19 heavy (non-hydrogen) atoms. The Hall–Kier alpha value is -1.27. The smallest absolute Gasteiger partial charge is 0.213 e. The third kappa shape index (κ3) is 3.61. The molecule has 2 aromatic rings. The van der Waals surface area contributed by atoms with Gasteiger partial charge in [0.25, 0.3) is 0 Å². The van der Waals surface area contributed by atoms with E-state index in [1.807, 2.05) is 32.9 Å². The van der Waals surface area contributed by atoms with Gasteiger partial charge in [-0.1, -0.05) is 6.07 Å². The third-order valence-corrected chi connectivity index (χ3v) is 5.27. The Morgan fingerprint density at radius 3 is 2.74 bits per heavy atom. The normalized spacial score (nSPS) is 12.4. The summed E-state index contributed by atoms with van der Waals surface area (Å²) in [6.07, 6.45) is 0. The first-order chi connectivity index (χ1) is 9.10. The van der Waals surface area contributed by atoms with Gasteiger partial charge >= 0.3 is 0 Å². The predicted molar refractivity (Wildman–Crippen MR) is 77.1 cm³/mol. The summed E-state index contributed by atoms with van der Waals surface area (Å²) in [4.78, 5) is 9.75. The maximum absolute atomic E-state index is 12.2. The number of thiazole rings is 1. The number of aromatic nitrogens is 2. The summed E-state index contributed by atoms with van der Waals surface area (Å²) in [5.41, 5.74) is 1.71. The minimum atomic E-state index is -1.15. The number of rotatable bonds is 5. The van der Waals surface area contributed by atoms with E-state index in [2.05, 4.69) is 9.97 Å². The Balaban J connectivity index is 2.12. The van der Waals surface area contributed by atoms with Crippen molar-refractivity contribution in [1.82, 2.24) is 9.97 Å². The van der Waals surface area contributed by atoms with Crippen LogP contribution in [0.2, 0.25) is 0 Å². The highest BCUT2D eigenvalue weighted by molar-refractivity contribution is 7.86. The average Bonchev–Trinajstić information content (AvgIpc) is 2.71. The van der Waals surface area contributed by atoms with Gasteiger partial charge in [-0.25, -0.2) is 9.97 Å². The van der Waals surface area contributed by atoms with Crippen molar-refractivity contribution in [2.75, 3.05) is 6.61 Å². The van der Waals surface area contributed by atoms with Crippen molar-refractivity contribution >= 4 is 22.1 Å². The van der Waals surface area contributed by atoms with Gasteiger partial charge in [0.05, 0.1) is 34.5 Å². The van der Waals surface area contributed by atoms with Gasteiger partial charge in [-0.2, -0.15) is 0 Å². The largest absolute Gasteiger partial charge is 0.478 e. The molecule has 0 bridgehead atoms. The molecular weight excluding hydrogens is 280 g/mol. The van der Waals surface area contributed by atoms with E-state index in [1.165, 1.54) is 11.3 Å². The first-order valence-corrected chi connectivity index (χ1v) is 8.15. The molecule has 0 saturated carbocycles. The van der Waals surface area contributed by atoms with Crippen LogP contribution in [0, 0.1) is 13.8 Å². The third-order valence-electron chi connectivity index (χ3n) is 2.56. The SMILES string of the molecule is CCOc1cccc(CS(=O)c2nc(C)c(C)s2)n1. The van der Waals surface area contributed by atoms with E-state index in [1.54, 1.807) is 6.07 Å². The average molecular weight is 296 g/mol. The molecular formula is C13H16N2O2S2. The Morgan fingerprint density at radius 2 is 2.11 bits per heavy atom. The molecule has 0 fully saturated rings. The topological polar surface area (TPSA) is 52.1 Å². The van der Waals surface area contributed by atoms with Gasteiger partial charge in [0.1, 0.15) is 0 Å². The van der Waals surface area contributed by atoms with E-state index < -0.39 is 10.8 Å². The highest BCUT2D eigenvalue weighted by atomic mass is 32.2. The molecule has 1 atom stereocenters. The van der Waals surface area contributed by atoms with E-state index >= 15 is 0 Å². The lowest BCUT2D eigenvalue weighted by atomic mass is 10.4. The second-order valence-electron chi connectivity index (χ2n) is 4.01. The number of hydrogen-bond donors (Lipinski definition) is 0. The highest BCUT2D eigenvalue weighted by Crippen LogP contribution is 2.21. The summed E-state index contributed by atoms with van der Waals surface area (Å²) in [5.74, 6) is 0.941. The van der Waals surface area contributed by atoms with Gasteiger partial charge in [0.2, 0.25) is 5.88 Å². The molecule has 0 spiro atoms. The van der Waals surface area contributed by atoms with Crippen LogP contribution in [0.4, 0.5) is 0 Å². The zero-order chi connectivity index (χ0) is 13.8. The first-order valence-electron chi connectivity index (χ1n) is 6.01. The molecule has 2 heterocycles. The number of hydrogen-bond acceptors (Lipinski definition) is 5. The molecule has 102 valence electrons. The van der Waals surface area contributed by atoms with Crippen LogP contribution in [-0.2, 0) is 16.6 Å². The van der Waals surface area contributed by atoms with Crippen molar-refractivity contribution in [3.8, 4) is 5.88 Å². The Labute approximate surface area is 119 Å². The fourth-order valence-corrected chi connectivity index (χ4v) is 3.86. The zero-order valence-corrected chi connectivity index (χ0v) is 12.8. The molecule has 0 aromatic carbocycles. The lowest BCUT2D eigenvalue weighted by Gasteiger charge is -2.04. The number of nitrogens with zero attached hydrogens (tertiary/aromatic N) is 2. The van der Waals surface area contributed by atoms with E-state index in [0.29, 0.717) is 22.6 Å². The molecule has 2 rings (SSSR count). The van der Waals surface area contributed by atoms with Crippen LogP contribution in [0.15, 0.2) is 22.5 Å². The van der Waals surface area contributed by atoms with Gasteiger partial charge in [-0.15, -0.1) is 11.3 Å². The molecule has 0 N–H and O–H groups in total. The summed E-state index contributed by atoms with van der Waals surface area (Å²) >= 11 is 1.49. The monoisotopic (exact) mass is 296 g/mol. The van der Waals surface area contributed by atoms with Crippen LogP contribution in [-0.4, -0.2) is 20.8 Å². The van der Waals surface area contributed by atoms with Crippen LogP contribution in [0.25, 0.3) is 0 Å². The lowest BCUT2D eigenvalue weighted by molar-refractivity contribution is 0.326. The fraction of sp³-hybridized carbons (Fsp3) is 0.385. The predicted octanol–water partition coefficient (Wildman–Crippen LogP) is 2.86. The molecule has 0 aliphatic rings. The van der Waals surface area contributed by atoms with Crippen LogP contribution in [0.1, 0.15) is 23.2 Å². The van der Waals surface area contributed by atoms with Gasteiger partial charge in [0.15, 0.2) is 4.34 Å². The molecule has 0 aliphatic carbocycles. The van der Waals surface area contributed by atoms with Gasteiger partial charge in [-0.3, -0.25) is 4.21 Å². The maximum Gasteiger partial charge on any atom is 0.213 e. The quantitative estimate of drug-likeness (QED) is 0.851. The highest BCUT2D eigenvalue weighted by Gasteiger charge is 2.12. The molecule has 6 heteroatoms. The summed E-state index contributed by atoms with van der Waals surface area (Å²) in [7, 11) is -1.15. The maximum atomic E-state index is 12.2. The van der Waals surface area contributed by atoms with Crippen molar-refractivity contribution in [2.24, 2.45) is 0 Å². The summed E-state index contributed by atoms with van der Waals surface area (Å²) < 4.78 is 18.2. The molecule has 0 saturated heterocycles. The second-order valence-corrected chi connectivity index (χ2v) is 6.84. The molecule has 4 nitrogen and oxygen atoms in total. The molecule has 2 aromatic heterocycles. The second kappa shape index (κ2) is 6.25. The van der Waals surface area contributed by atoms with Gasteiger partial charge in [-0.05, 0) is 26.8 Å². The summed E-state index contributed by atoms with van der Waals surface area (Å²) in [5, 5.41) is 0. The van der Waals surface area contributed by atoms with Crippen molar-refractivity contribution < 1.29 is 8.95 Å². The standard InChI is InChI=1S/C13H16N2O2S2/c1-4-17-12-7-5-6-11(15-12)8-19(16)13-14-9(2)10(3)18-13/h5-7H,4,8H2,1-3H3. The minimum Gasteiger partial charge on any atom is -0.478 e. The first kappa shape index (κ1) is 14.1. The Morgan fingerprint density at radius 1 is 1.32 bits per heavy atom. The van der Waals surface area contributed by atoms with Crippen molar-refractivity contribution in [3.05, 3.63) is 34.5 Å². The molecule has 0 aliphatic heterocycles. The lowest BCUT2D eigenvalue weighted by Crippen LogP contribution is -2.01. The summed E-state index contributed by atoms with van der Waals surface area (Å²) in [6.45, 7) is 6.40. The fourth-order valence-electron chi connectivity index (χ4n) is 1.50.